The molecule has 0 spiro atoms. The van der Waals surface area contributed by atoms with Crippen LogP contribution >= 0.6 is 12.6 Å². The molecule has 1 aromatic heterocycles. The van der Waals surface area contributed by atoms with Crippen molar-refractivity contribution in [2.75, 3.05) is 0 Å². The van der Waals surface area contributed by atoms with Gasteiger partial charge in [0.1, 0.15) is 0 Å². The number of hydrogen-bond acceptors (Lipinski definition) is 4. The molecule has 0 aliphatic rings. The molecule has 1 heterocycles. The molecule has 54 valence electrons. The number of hydrogen-bond donors (Lipinski definition) is 1. The molecule has 0 unspecified atom stereocenters. The molecule has 0 aliphatic carbocycles. The van der Waals surface area contributed by atoms with Gasteiger partial charge in [-0.1, -0.05) is 0 Å². The zero-order chi connectivity index (χ0) is 7.72. The summed E-state index contributed by atoms with van der Waals surface area (Å²) in [6, 6.07) is 0. The first-order valence-electron chi connectivity index (χ1n) is 2.47. The average molecular weight is 159 g/mol. The van der Waals surface area contributed by atoms with Crippen LogP contribution < -0.4 is 0 Å². The molecule has 0 aliphatic heterocycles. The number of aromatic nitrogens is 2. The average Bonchev–Trinajstić information content (AvgIpc) is 2.11. The smallest absolute Gasteiger partial charge is 0.356 e. The number of rotatable bonds is 1. The molecule has 0 amide bonds. The van der Waals surface area contributed by atoms with Crippen molar-refractivity contribution in [3.8, 4) is 0 Å². The standard InChI is InChI=1S/C4H5N3O2S/c1-6-2-5-3(10)4(6)7(8)9/h2,10H,1H3. The lowest BCUT2D eigenvalue weighted by Crippen LogP contribution is -1.95. The quantitative estimate of drug-likeness (QED) is 0.371. The summed E-state index contributed by atoms with van der Waals surface area (Å²) >= 11 is 3.78. The van der Waals surface area contributed by atoms with Crippen LogP contribution in [0.2, 0.25) is 0 Å². The molecule has 0 fully saturated rings. The van der Waals surface area contributed by atoms with E-state index >= 15 is 0 Å². The fraction of sp³-hybridized carbons (Fsp3) is 0.250. The maximum atomic E-state index is 10.2. The highest BCUT2D eigenvalue weighted by Crippen LogP contribution is 2.18. The lowest BCUT2D eigenvalue weighted by atomic mass is 10.7. The molecule has 0 N–H and O–H groups in total. The molecule has 0 aromatic carbocycles. The Bertz CT molecular complexity index is 250. The lowest BCUT2D eigenvalue weighted by molar-refractivity contribution is -0.394. The van der Waals surface area contributed by atoms with E-state index in [0.29, 0.717) is 0 Å². The van der Waals surface area contributed by atoms with Crippen LogP contribution in [0.3, 0.4) is 0 Å². The maximum absolute atomic E-state index is 10.2. The van der Waals surface area contributed by atoms with Gasteiger partial charge in [-0.3, -0.25) is 0 Å². The summed E-state index contributed by atoms with van der Waals surface area (Å²) in [5, 5.41) is 10.3. The van der Waals surface area contributed by atoms with E-state index in [4.69, 9.17) is 0 Å². The van der Waals surface area contributed by atoms with Crippen LogP contribution in [0.5, 0.6) is 0 Å². The van der Waals surface area contributed by atoms with Gasteiger partial charge in [-0.05, 0) is 4.92 Å². The van der Waals surface area contributed by atoms with E-state index in [1.807, 2.05) is 0 Å². The predicted octanol–water partition coefficient (Wildman–Crippen LogP) is 0.617. The summed E-state index contributed by atoms with van der Waals surface area (Å²) in [5.41, 5.74) is 0. The highest BCUT2D eigenvalue weighted by Gasteiger charge is 2.14. The van der Waals surface area contributed by atoms with Crippen LogP contribution in [-0.2, 0) is 7.05 Å². The second kappa shape index (κ2) is 2.30. The van der Waals surface area contributed by atoms with Crippen LogP contribution in [0.4, 0.5) is 5.82 Å². The summed E-state index contributed by atoms with van der Waals surface area (Å²) in [7, 11) is 1.55. The van der Waals surface area contributed by atoms with Crippen molar-refractivity contribution >= 4 is 18.4 Å². The third-order valence-electron chi connectivity index (χ3n) is 1.06. The van der Waals surface area contributed by atoms with Crippen LogP contribution in [0, 0.1) is 10.1 Å². The maximum Gasteiger partial charge on any atom is 0.356 e. The fourth-order valence-corrected chi connectivity index (χ4v) is 0.913. The van der Waals surface area contributed by atoms with Gasteiger partial charge in [-0.2, -0.15) is 0 Å². The van der Waals surface area contributed by atoms with Crippen molar-refractivity contribution in [2.24, 2.45) is 7.05 Å². The van der Waals surface area contributed by atoms with E-state index in [0.717, 1.165) is 0 Å². The van der Waals surface area contributed by atoms with Gasteiger partial charge in [-0.25, -0.2) is 9.55 Å². The topological polar surface area (TPSA) is 61.0 Å². The Morgan fingerprint density at radius 1 is 1.90 bits per heavy atom. The normalized spacial score (nSPS) is 9.80. The Morgan fingerprint density at radius 2 is 2.50 bits per heavy atom. The highest BCUT2D eigenvalue weighted by atomic mass is 32.1. The fourth-order valence-electron chi connectivity index (χ4n) is 0.622. The molecule has 0 saturated carbocycles. The number of nitrogens with zero attached hydrogens (tertiary/aromatic N) is 3. The van der Waals surface area contributed by atoms with E-state index in [1.54, 1.807) is 7.05 Å². The van der Waals surface area contributed by atoms with Crippen molar-refractivity contribution in [3.63, 3.8) is 0 Å². The third-order valence-corrected chi connectivity index (χ3v) is 1.38. The third kappa shape index (κ3) is 0.971. The Hall–Kier alpha value is -1.04. The lowest BCUT2D eigenvalue weighted by Gasteiger charge is -1.92. The predicted molar refractivity (Wildman–Crippen MR) is 37.1 cm³/mol. The second-order valence-electron chi connectivity index (χ2n) is 1.76. The van der Waals surface area contributed by atoms with Gasteiger partial charge in [-0.15, -0.1) is 12.6 Å². The molecule has 6 heteroatoms. The Kier molecular flexibility index (Phi) is 1.62. The van der Waals surface area contributed by atoms with Crippen molar-refractivity contribution in [1.29, 1.82) is 0 Å². The van der Waals surface area contributed by atoms with E-state index in [2.05, 4.69) is 17.6 Å². The van der Waals surface area contributed by atoms with E-state index in [9.17, 15) is 10.1 Å². The minimum Gasteiger partial charge on any atom is -0.358 e. The van der Waals surface area contributed by atoms with Crippen LogP contribution in [0.15, 0.2) is 11.4 Å². The number of thiol groups is 1. The Labute approximate surface area is 62.2 Å². The zero-order valence-corrected chi connectivity index (χ0v) is 6.08. The summed E-state index contributed by atoms with van der Waals surface area (Å²) < 4.78 is 1.31. The second-order valence-corrected chi connectivity index (χ2v) is 2.18. The molecule has 0 radical (unpaired) electrons. The first-order chi connectivity index (χ1) is 4.63. The number of imidazole rings is 1. The molecule has 0 saturated heterocycles. The van der Waals surface area contributed by atoms with Crippen molar-refractivity contribution in [1.82, 2.24) is 9.55 Å². The van der Waals surface area contributed by atoms with Gasteiger partial charge in [0, 0.05) is 0 Å². The van der Waals surface area contributed by atoms with Gasteiger partial charge < -0.3 is 10.1 Å². The minimum atomic E-state index is -0.519. The molecule has 1 aromatic rings. The van der Waals surface area contributed by atoms with Crippen LogP contribution in [-0.4, -0.2) is 14.5 Å². The largest absolute Gasteiger partial charge is 0.358 e. The van der Waals surface area contributed by atoms with Crippen molar-refractivity contribution in [3.05, 3.63) is 16.4 Å². The monoisotopic (exact) mass is 159 g/mol. The summed E-state index contributed by atoms with van der Waals surface area (Å²) in [5.74, 6) is -0.0802. The molecular formula is C4H5N3O2S. The summed E-state index contributed by atoms with van der Waals surface area (Å²) in [4.78, 5) is 13.3. The zero-order valence-electron chi connectivity index (χ0n) is 5.18. The molecule has 1 rings (SSSR count). The molecule has 0 atom stereocenters. The SMILES string of the molecule is Cn1cnc(S)c1[N+](=O)[O-]. The first kappa shape index (κ1) is 7.07. The number of aryl methyl sites for hydroxylation is 1. The molecule has 0 bridgehead atoms. The van der Waals surface area contributed by atoms with E-state index < -0.39 is 4.92 Å². The van der Waals surface area contributed by atoms with Crippen molar-refractivity contribution in [2.45, 2.75) is 5.03 Å². The molecule has 5 nitrogen and oxygen atoms in total. The van der Waals surface area contributed by atoms with Crippen molar-refractivity contribution < 1.29 is 4.92 Å². The van der Waals surface area contributed by atoms with Crippen LogP contribution in [0.1, 0.15) is 0 Å². The Balaban J connectivity index is 3.23. The molecular weight excluding hydrogens is 154 g/mol. The summed E-state index contributed by atoms with van der Waals surface area (Å²) in [6.07, 6.45) is 1.35. The highest BCUT2D eigenvalue weighted by molar-refractivity contribution is 7.80. The van der Waals surface area contributed by atoms with Gasteiger partial charge >= 0.3 is 5.82 Å². The molecule has 10 heavy (non-hydrogen) atoms. The van der Waals surface area contributed by atoms with Gasteiger partial charge in [0.15, 0.2) is 11.4 Å². The first-order valence-corrected chi connectivity index (χ1v) is 2.92. The minimum absolute atomic E-state index is 0.0802. The number of nitro groups is 1. The van der Waals surface area contributed by atoms with Gasteiger partial charge in [0.25, 0.3) is 0 Å². The van der Waals surface area contributed by atoms with Gasteiger partial charge in [0.05, 0.1) is 7.05 Å². The van der Waals surface area contributed by atoms with E-state index in [-0.39, 0.29) is 10.8 Å². The Morgan fingerprint density at radius 3 is 2.70 bits per heavy atom. The van der Waals surface area contributed by atoms with Crippen LogP contribution in [0.25, 0.3) is 0 Å². The summed E-state index contributed by atoms with van der Waals surface area (Å²) in [6.45, 7) is 0. The van der Waals surface area contributed by atoms with E-state index in [1.165, 1.54) is 10.9 Å². The van der Waals surface area contributed by atoms with Gasteiger partial charge in [0.2, 0.25) is 0 Å².